The van der Waals surface area contributed by atoms with Crippen LogP contribution in [0.2, 0.25) is 0 Å². The van der Waals surface area contributed by atoms with Crippen molar-refractivity contribution in [1.29, 1.82) is 0 Å². The van der Waals surface area contributed by atoms with Gasteiger partial charge in [0, 0.05) is 18.7 Å². The normalized spacial score (nSPS) is 10.9. The van der Waals surface area contributed by atoms with Gasteiger partial charge in [0.2, 0.25) is 0 Å². The number of aryl methyl sites for hydroxylation is 4. The first-order chi connectivity index (χ1) is 11.9. The molecule has 7 heteroatoms. The fourth-order valence-corrected chi connectivity index (χ4v) is 2.65. The van der Waals surface area contributed by atoms with E-state index in [1.807, 2.05) is 26.0 Å². The van der Waals surface area contributed by atoms with E-state index in [1.54, 1.807) is 19.1 Å². The Kier molecular flexibility index (Phi) is 4.39. The van der Waals surface area contributed by atoms with Crippen LogP contribution in [-0.2, 0) is 13.7 Å². The van der Waals surface area contributed by atoms with Gasteiger partial charge >= 0.3 is 5.69 Å². The molecule has 0 amide bonds. The molecule has 1 aromatic heterocycles. The van der Waals surface area contributed by atoms with Crippen LogP contribution in [0.5, 0.6) is 5.75 Å². The van der Waals surface area contributed by atoms with Crippen LogP contribution in [0.15, 0.2) is 35.1 Å². The van der Waals surface area contributed by atoms with Crippen molar-refractivity contribution in [3.05, 3.63) is 68.9 Å². The van der Waals surface area contributed by atoms with Crippen molar-refractivity contribution in [2.45, 2.75) is 27.4 Å². The number of aromatic nitrogens is 4. The fourth-order valence-electron chi connectivity index (χ4n) is 2.65. The maximum absolute atomic E-state index is 13.8. The van der Waals surface area contributed by atoms with Gasteiger partial charge in [0.15, 0.2) is 0 Å². The highest BCUT2D eigenvalue weighted by molar-refractivity contribution is 5.45. The van der Waals surface area contributed by atoms with Gasteiger partial charge in [0.25, 0.3) is 0 Å². The van der Waals surface area contributed by atoms with Gasteiger partial charge < -0.3 is 4.74 Å². The van der Waals surface area contributed by atoms with E-state index in [0.29, 0.717) is 17.0 Å². The first-order valence-electron chi connectivity index (χ1n) is 7.86. The van der Waals surface area contributed by atoms with E-state index in [9.17, 15) is 9.18 Å². The van der Waals surface area contributed by atoms with Crippen LogP contribution in [-0.4, -0.2) is 19.8 Å². The molecular formula is C18H19FN4O2. The zero-order valence-electron chi connectivity index (χ0n) is 14.6. The first-order valence-corrected chi connectivity index (χ1v) is 7.86. The number of benzene rings is 2. The average Bonchev–Trinajstić information content (AvgIpc) is 2.90. The zero-order valence-corrected chi connectivity index (χ0v) is 14.6. The molecule has 0 fully saturated rings. The topological polar surface area (TPSA) is 61.9 Å². The highest BCUT2D eigenvalue weighted by Gasteiger charge is 2.14. The van der Waals surface area contributed by atoms with Gasteiger partial charge in [0.05, 0.1) is 5.69 Å². The Morgan fingerprint density at radius 1 is 1.08 bits per heavy atom. The predicted molar refractivity (Wildman–Crippen MR) is 91.5 cm³/mol. The molecule has 2 aromatic carbocycles. The molecule has 0 saturated heterocycles. The van der Waals surface area contributed by atoms with E-state index >= 15 is 0 Å². The number of hydrogen-bond acceptors (Lipinski definition) is 4. The van der Waals surface area contributed by atoms with Crippen molar-refractivity contribution in [2.24, 2.45) is 7.05 Å². The fraction of sp³-hybridized carbons (Fsp3) is 0.278. The summed E-state index contributed by atoms with van der Waals surface area (Å²) in [6.07, 6.45) is 0. The molecule has 0 bridgehead atoms. The molecule has 0 aliphatic carbocycles. The standard InChI is InChI=1S/C18H19FN4O2/c1-11-6-5-7-16(23-18(24)22(4)20-21-23)14(11)10-25-17-9-15(19)12(2)8-13(17)3/h5-9H,10H2,1-4H3. The molecule has 0 atom stereocenters. The molecule has 25 heavy (non-hydrogen) atoms. The maximum atomic E-state index is 13.8. The first kappa shape index (κ1) is 16.9. The Labute approximate surface area is 144 Å². The second-order valence-electron chi connectivity index (χ2n) is 6.03. The minimum Gasteiger partial charge on any atom is -0.488 e. The Morgan fingerprint density at radius 3 is 2.52 bits per heavy atom. The van der Waals surface area contributed by atoms with Crippen LogP contribution < -0.4 is 10.4 Å². The Hall–Kier alpha value is -2.96. The summed E-state index contributed by atoms with van der Waals surface area (Å²) in [5, 5.41) is 7.63. The molecule has 6 nitrogen and oxygen atoms in total. The second-order valence-corrected chi connectivity index (χ2v) is 6.03. The van der Waals surface area contributed by atoms with Crippen LogP contribution >= 0.6 is 0 Å². The molecular weight excluding hydrogens is 323 g/mol. The summed E-state index contributed by atoms with van der Waals surface area (Å²) in [7, 11) is 1.54. The molecule has 3 aromatic rings. The van der Waals surface area contributed by atoms with Crippen molar-refractivity contribution in [3.8, 4) is 11.4 Å². The highest BCUT2D eigenvalue weighted by atomic mass is 19.1. The van der Waals surface area contributed by atoms with Crippen LogP contribution in [0, 0.1) is 26.6 Å². The number of halogens is 1. The van der Waals surface area contributed by atoms with Crippen molar-refractivity contribution in [2.75, 3.05) is 0 Å². The Morgan fingerprint density at radius 2 is 1.84 bits per heavy atom. The van der Waals surface area contributed by atoms with Crippen LogP contribution in [0.1, 0.15) is 22.3 Å². The lowest BCUT2D eigenvalue weighted by Crippen LogP contribution is -2.23. The van der Waals surface area contributed by atoms with E-state index in [0.717, 1.165) is 21.4 Å². The quantitative estimate of drug-likeness (QED) is 0.731. The third kappa shape index (κ3) is 3.17. The SMILES string of the molecule is Cc1cc(C)c(OCc2c(C)cccc2-n2nnn(C)c2=O)cc1F. The van der Waals surface area contributed by atoms with Crippen molar-refractivity contribution < 1.29 is 9.13 Å². The van der Waals surface area contributed by atoms with E-state index in [2.05, 4.69) is 10.4 Å². The third-order valence-corrected chi connectivity index (χ3v) is 4.16. The van der Waals surface area contributed by atoms with Gasteiger partial charge in [-0.25, -0.2) is 9.18 Å². The van der Waals surface area contributed by atoms with E-state index in [1.165, 1.54) is 17.8 Å². The van der Waals surface area contributed by atoms with Gasteiger partial charge in [-0.05, 0) is 60.0 Å². The van der Waals surface area contributed by atoms with Crippen molar-refractivity contribution >= 4 is 0 Å². The highest BCUT2D eigenvalue weighted by Crippen LogP contribution is 2.25. The van der Waals surface area contributed by atoms with Gasteiger partial charge in [0.1, 0.15) is 18.2 Å². The minimum atomic E-state index is -0.343. The van der Waals surface area contributed by atoms with Crippen molar-refractivity contribution in [3.63, 3.8) is 0 Å². The van der Waals surface area contributed by atoms with Crippen LogP contribution in [0.25, 0.3) is 5.69 Å². The lowest BCUT2D eigenvalue weighted by atomic mass is 10.1. The van der Waals surface area contributed by atoms with E-state index in [-0.39, 0.29) is 18.1 Å². The summed E-state index contributed by atoms with van der Waals surface area (Å²) >= 11 is 0. The predicted octanol–water partition coefficient (Wildman–Crippen LogP) is 2.61. The summed E-state index contributed by atoms with van der Waals surface area (Å²) in [6.45, 7) is 5.69. The zero-order chi connectivity index (χ0) is 18.1. The lowest BCUT2D eigenvalue weighted by molar-refractivity contribution is 0.301. The van der Waals surface area contributed by atoms with Gasteiger partial charge in [-0.3, -0.25) is 0 Å². The number of tetrazole rings is 1. The molecule has 130 valence electrons. The van der Waals surface area contributed by atoms with Crippen LogP contribution in [0.3, 0.4) is 0 Å². The smallest absolute Gasteiger partial charge is 0.368 e. The molecule has 0 unspecified atom stereocenters. The lowest BCUT2D eigenvalue weighted by Gasteiger charge is -2.14. The maximum Gasteiger partial charge on any atom is 0.368 e. The summed E-state index contributed by atoms with van der Waals surface area (Å²) in [5.41, 5.74) is 3.43. The van der Waals surface area contributed by atoms with Crippen molar-refractivity contribution in [1.82, 2.24) is 19.8 Å². The summed E-state index contributed by atoms with van der Waals surface area (Å²) in [5.74, 6) is 0.166. The third-order valence-electron chi connectivity index (χ3n) is 4.16. The minimum absolute atomic E-state index is 0.189. The molecule has 0 N–H and O–H groups in total. The molecule has 0 aliphatic rings. The molecule has 1 heterocycles. The van der Waals surface area contributed by atoms with Crippen LogP contribution in [0.4, 0.5) is 4.39 Å². The second kappa shape index (κ2) is 6.51. The largest absolute Gasteiger partial charge is 0.488 e. The van der Waals surface area contributed by atoms with Gasteiger partial charge in [-0.2, -0.15) is 9.36 Å². The summed E-state index contributed by atoms with van der Waals surface area (Å²) in [4.78, 5) is 12.2. The molecule has 0 spiro atoms. The van der Waals surface area contributed by atoms with E-state index in [4.69, 9.17) is 4.74 Å². The van der Waals surface area contributed by atoms with Gasteiger partial charge in [-0.15, -0.1) is 0 Å². The molecule has 0 radical (unpaired) electrons. The number of hydrogen-bond donors (Lipinski definition) is 0. The summed E-state index contributed by atoms with van der Waals surface area (Å²) in [6, 6.07) is 8.68. The number of rotatable bonds is 4. The monoisotopic (exact) mass is 342 g/mol. The number of nitrogens with zero attached hydrogens (tertiary/aromatic N) is 4. The molecule has 0 saturated carbocycles. The Bertz CT molecular complexity index is 991. The van der Waals surface area contributed by atoms with E-state index < -0.39 is 0 Å². The Balaban J connectivity index is 1.97. The number of ether oxygens (including phenoxy) is 1. The average molecular weight is 342 g/mol. The molecule has 0 aliphatic heterocycles. The molecule has 3 rings (SSSR count). The summed E-state index contributed by atoms with van der Waals surface area (Å²) < 4.78 is 22.0. The van der Waals surface area contributed by atoms with Gasteiger partial charge in [-0.1, -0.05) is 12.1 Å².